The van der Waals surface area contributed by atoms with Crippen LogP contribution in [0.3, 0.4) is 0 Å². The predicted octanol–water partition coefficient (Wildman–Crippen LogP) is 1.61. The SMILES string of the molecule is CCC1N(C2CC2)CCC12CCNC2. The van der Waals surface area contributed by atoms with Gasteiger partial charge in [-0.2, -0.15) is 0 Å². The summed E-state index contributed by atoms with van der Waals surface area (Å²) in [6.45, 7) is 6.31. The summed E-state index contributed by atoms with van der Waals surface area (Å²) in [4.78, 5) is 2.83. The van der Waals surface area contributed by atoms with Crippen LogP contribution in [0, 0.1) is 5.41 Å². The number of hydrogen-bond acceptors (Lipinski definition) is 2. The van der Waals surface area contributed by atoms with Crippen LogP contribution in [0.5, 0.6) is 0 Å². The highest BCUT2D eigenvalue weighted by Gasteiger charge is 2.51. The van der Waals surface area contributed by atoms with E-state index in [1.807, 2.05) is 0 Å². The van der Waals surface area contributed by atoms with Crippen LogP contribution in [-0.4, -0.2) is 36.6 Å². The van der Waals surface area contributed by atoms with E-state index in [4.69, 9.17) is 0 Å². The quantitative estimate of drug-likeness (QED) is 0.718. The van der Waals surface area contributed by atoms with Crippen molar-refractivity contribution in [2.75, 3.05) is 19.6 Å². The summed E-state index contributed by atoms with van der Waals surface area (Å²) in [6.07, 6.45) is 7.18. The van der Waals surface area contributed by atoms with Crippen LogP contribution >= 0.6 is 0 Å². The first kappa shape index (κ1) is 9.17. The maximum Gasteiger partial charge on any atom is 0.0165 e. The Kier molecular flexibility index (Phi) is 2.10. The van der Waals surface area contributed by atoms with Gasteiger partial charge in [-0.25, -0.2) is 0 Å². The van der Waals surface area contributed by atoms with E-state index in [-0.39, 0.29) is 0 Å². The van der Waals surface area contributed by atoms with Crippen molar-refractivity contribution in [1.82, 2.24) is 10.2 Å². The number of nitrogens with one attached hydrogen (secondary N) is 1. The van der Waals surface area contributed by atoms with Gasteiger partial charge in [0, 0.05) is 24.0 Å². The Morgan fingerprint density at radius 3 is 2.79 bits per heavy atom. The lowest BCUT2D eigenvalue weighted by Gasteiger charge is -2.34. The van der Waals surface area contributed by atoms with Gasteiger partial charge < -0.3 is 5.32 Å². The minimum absolute atomic E-state index is 0.664. The third kappa shape index (κ3) is 1.24. The van der Waals surface area contributed by atoms with Crippen LogP contribution in [0.1, 0.15) is 39.0 Å². The number of nitrogens with zero attached hydrogens (tertiary/aromatic N) is 1. The van der Waals surface area contributed by atoms with Crippen molar-refractivity contribution < 1.29 is 0 Å². The summed E-state index contributed by atoms with van der Waals surface area (Å²) in [5, 5.41) is 3.57. The molecule has 2 saturated heterocycles. The van der Waals surface area contributed by atoms with Crippen LogP contribution in [0.25, 0.3) is 0 Å². The number of rotatable bonds is 2. The van der Waals surface area contributed by atoms with Crippen molar-refractivity contribution >= 4 is 0 Å². The van der Waals surface area contributed by atoms with Gasteiger partial charge in [-0.05, 0) is 45.2 Å². The van der Waals surface area contributed by atoms with Crippen molar-refractivity contribution in [1.29, 1.82) is 0 Å². The molecular weight excluding hydrogens is 172 g/mol. The van der Waals surface area contributed by atoms with Crippen LogP contribution in [-0.2, 0) is 0 Å². The molecule has 3 rings (SSSR count). The van der Waals surface area contributed by atoms with Crippen LogP contribution in [0.2, 0.25) is 0 Å². The molecule has 2 heterocycles. The first-order chi connectivity index (χ1) is 6.86. The molecule has 0 amide bonds. The largest absolute Gasteiger partial charge is 0.316 e. The van der Waals surface area contributed by atoms with Gasteiger partial charge in [-0.1, -0.05) is 6.92 Å². The topological polar surface area (TPSA) is 15.3 Å². The monoisotopic (exact) mass is 194 g/mol. The zero-order chi connectivity index (χ0) is 9.60. The average Bonchev–Trinajstić information content (AvgIpc) is 2.84. The van der Waals surface area contributed by atoms with E-state index in [1.54, 1.807) is 0 Å². The highest BCUT2D eigenvalue weighted by molar-refractivity contribution is 5.06. The molecule has 2 heteroatoms. The summed E-state index contributed by atoms with van der Waals surface area (Å²) < 4.78 is 0. The van der Waals surface area contributed by atoms with E-state index >= 15 is 0 Å². The van der Waals surface area contributed by atoms with Gasteiger partial charge in [0.15, 0.2) is 0 Å². The molecule has 0 aromatic heterocycles. The highest BCUT2D eigenvalue weighted by Crippen LogP contribution is 2.47. The molecule has 1 N–H and O–H groups in total. The molecule has 0 aromatic rings. The molecule has 2 unspecified atom stereocenters. The van der Waals surface area contributed by atoms with Gasteiger partial charge in [0.1, 0.15) is 0 Å². The third-order valence-electron chi connectivity index (χ3n) is 4.65. The van der Waals surface area contributed by atoms with E-state index in [1.165, 1.54) is 51.7 Å². The molecule has 80 valence electrons. The van der Waals surface area contributed by atoms with Gasteiger partial charge in [0.05, 0.1) is 0 Å². The average molecular weight is 194 g/mol. The second-order valence-electron chi connectivity index (χ2n) is 5.43. The fraction of sp³-hybridized carbons (Fsp3) is 1.00. The molecule has 2 aliphatic heterocycles. The van der Waals surface area contributed by atoms with Crippen molar-refractivity contribution in [3.8, 4) is 0 Å². The summed E-state index contributed by atoms with van der Waals surface area (Å²) in [7, 11) is 0. The van der Waals surface area contributed by atoms with Crippen LogP contribution in [0.15, 0.2) is 0 Å². The lowest BCUT2D eigenvalue weighted by molar-refractivity contribution is 0.155. The molecule has 14 heavy (non-hydrogen) atoms. The smallest absolute Gasteiger partial charge is 0.0165 e. The molecule has 3 fully saturated rings. The Morgan fingerprint density at radius 1 is 1.36 bits per heavy atom. The third-order valence-corrected chi connectivity index (χ3v) is 4.65. The molecule has 1 spiro atoms. The van der Waals surface area contributed by atoms with Gasteiger partial charge in [-0.15, -0.1) is 0 Å². The van der Waals surface area contributed by atoms with E-state index in [0.717, 1.165) is 12.1 Å². The van der Waals surface area contributed by atoms with Gasteiger partial charge in [0.25, 0.3) is 0 Å². The zero-order valence-electron chi connectivity index (χ0n) is 9.26. The maximum atomic E-state index is 3.57. The van der Waals surface area contributed by atoms with E-state index in [0.29, 0.717) is 5.41 Å². The summed E-state index contributed by atoms with van der Waals surface area (Å²) in [5.41, 5.74) is 0.664. The second kappa shape index (κ2) is 3.21. The van der Waals surface area contributed by atoms with Crippen molar-refractivity contribution in [3.63, 3.8) is 0 Å². The fourth-order valence-corrected chi connectivity index (χ4v) is 3.80. The first-order valence-corrected chi connectivity index (χ1v) is 6.32. The molecule has 1 aliphatic carbocycles. The standard InChI is InChI=1S/C12H22N2/c1-2-11-12(5-7-13-9-12)6-8-14(11)10-3-4-10/h10-11,13H,2-9H2,1H3. The Hall–Kier alpha value is -0.0800. The molecular formula is C12H22N2. The normalized spacial score (nSPS) is 43.9. The summed E-state index contributed by atoms with van der Waals surface area (Å²) in [5.74, 6) is 0. The van der Waals surface area contributed by atoms with Gasteiger partial charge in [0.2, 0.25) is 0 Å². The van der Waals surface area contributed by atoms with E-state index in [9.17, 15) is 0 Å². The second-order valence-corrected chi connectivity index (χ2v) is 5.43. The molecule has 2 atom stereocenters. The molecule has 0 aromatic carbocycles. The number of hydrogen-bond donors (Lipinski definition) is 1. The Morgan fingerprint density at radius 2 is 2.21 bits per heavy atom. The Labute approximate surface area is 87.0 Å². The van der Waals surface area contributed by atoms with E-state index < -0.39 is 0 Å². The van der Waals surface area contributed by atoms with Crippen LogP contribution in [0.4, 0.5) is 0 Å². The molecule has 3 aliphatic rings. The van der Waals surface area contributed by atoms with Crippen molar-refractivity contribution in [3.05, 3.63) is 0 Å². The van der Waals surface area contributed by atoms with Crippen molar-refractivity contribution in [2.24, 2.45) is 5.41 Å². The lowest BCUT2D eigenvalue weighted by atomic mass is 9.78. The van der Waals surface area contributed by atoms with E-state index in [2.05, 4.69) is 17.1 Å². The minimum Gasteiger partial charge on any atom is -0.316 e. The molecule has 0 radical (unpaired) electrons. The summed E-state index contributed by atoms with van der Waals surface area (Å²) >= 11 is 0. The minimum atomic E-state index is 0.664. The number of likely N-dealkylation sites (tertiary alicyclic amines) is 1. The fourth-order valence-electron chi connectivity index (χ4n) is 3.80. The predicted molar refractivity (Wildman–Crippen MR) is 58.3 cm³/mol. The molecule has 0 bridgehead atoms. The summed E-state index contributed by atoms with van der Waals surface area (Å²) in [6, 6.07) is 1.87. The first-order valence-electron chi connectivity index (χ1n) is 6.32. The highest BCUT2D eigenvalue weighted by atomic mass is 15.3. The molecule has 1 saturated carbocycles. The van der Waals surface area contributed by atoms with Gasteiger partial charge >= 0.3 is 0 Å². The maximum absolute atomic E-state index is 3.57. The molecule has 2 nitrogen and oxygen atoms in total. The van der Waals surface area contributed by atoms with Crippen LogP contribution < -0.4 is 5.32 Å². The van der Waals surface area contributed by atoms with Crippen molar-refractivity contribution in [2.45, 2.75) is 51.1 Å². The zero-order valence-corrected chi connectivity index (χ0v) is 9.26. The Bertz CT molecular complexity index is 216. The lowest BCUT2D eigenvalue weighted by Crippen LogP contribution is -2.41. The Balaban J connectivity index is 1.79. The van der Waals surface area contributed by atoms with Gasteiger partial charge in [-0.3, -0.25) is 4.90 Å².